The molecule has 3 atom stereocenters. The van der Waals surface area contributed by atoms with E-state index in [2.05, 4.69) is 72.8 Å². The Bertz CT molecular complexity index is 888. The molecule has 3 nitrogen and oxygen atoms in total. The molecular formula is C27H26O3. The molecule has 0 radical (unpaired) electrons. The highest BCUT2D eigenvalue weighted by Crippen LogP contribution is 2.45. The van der Waals surface area contributed by atoms with E-state index in [9.17, 15) is 4.79 Å². The zero-order chi connectivity index (χ0) is 20.4. The summed E-state index contributed by atoms with van der Waals surface area (Å²) in [5.74, 6) is 0.546. The minimum absolute atomic E-state index is 0.0601. The zero-order valence-electron chi connectivity index (χ0n) is 16.9. The monoisotopic (exact) mass is 398 g/mol. The van der Waals surface area contributed by atoms with E-state index in [0.29, 0.717) is 18.9 Å². The number of benzene rings is 3. The van der Waals surface area contributed by atoms with Gasteiger partial charge < -0.3 is 9.47 Å². The van der Waals surface area contributed by atoms with E-state index >= 15 is 0 Å². The average Bonchev–Trinajstić information content (AvgIpc) is 3.36. The van der Waals surface area contributed by atoms with Gasteiger partial charge in [-0.3, -0.25) is 4.79 Å². The van der Waals surface area contributed by atoms with Gasteiger partial charge in [0.15, 0.2) is 0 Å². The molecule has 1 aliphatic heterocycles. The van der Waals surface area contributed by atoms with E-state index < -0.39 is 5.60 Å². The Morgan fingerprint density at radius 3 is 1.77 bits per heavy atom. The van der Waals surface area contributed by atoms with Crippen molar-refractivity contribution in [1.82, 2.24) is 0 Å². The molecule has 3 aromatic carbocycles. The fourth-order valence-corrected chi connectivity index (χ4v) is 5.17. The largest absolute Gasteiger partial charge is 0.462 e. The Labute approximate surface area is 177 Å². The zero-order valence-corrected chi connectivity index (χ0v) is 16.9. The maximum Gasteiger partial charge on any atom is 0.306 e. The number of hydrogen-bond acceptors (Lipinski definition) is 3. The Hall–Kier alpha value is -2.91. The highest BCUT2D eigenvalue weighted by atomic mass is 16.6. The van der Waals surface area contributed by atoms with Gasteiger partial charge in [0.05, 0.1) is 13.0 Å². The van der Waals surface area contributed by atoms with Gasteiger partial charge in [0, 0.05) is 5.92 Å². The molecule has 1 saturated heterocycles. The predicted molar refractivity (Wildman–Crippen MR) is 116 cm³/mol. The van der Waals surface area contributed by atoms with Crippen LogP contribution in [0.5, 0.6) is 0 Å². The Morgan fingerprint density at radius 2 is 1.27 bits per heavy atom. The Kier molecular flexibility index (Phi) is 5.14. The minimum atomic E-state index is -0.703. The molecule has 30 heavy (non-hydrogen) atoms. The fraction of sp³-hybridized carbons (Fsp3) is 0.296. The number of fused-ring (bicyclic) bond motifs is 1. The molecule has 152 valence electrons. The van der Waals surface area contributed by atoms with Crippen molar-refractivity contribution < 1.29 is 14.3 Å². The first-order chi connectivity index (χ1) is 14.8. The molecule has 3 heteroatoms. The SMILES string of the molecule is O=C1CC2C(COC(c3ccccc3)(c3ccccc3)c3ccccc3)CCC2O1. The highest BCUT2D eigenvalue weighted by Gasteiger charge is 2.46. The summed E-state index contributed by atoms with van der Waals surface area (Å²) in [6, 6.07) is 31.3. The number of rotatable bonds is 6. The van der Waals surface area contributed by atoms with Crippen LogP contribution in [0.1, 0.15) is 36.0 Å². The van der Waals surface area contributed by atoms with Gasteiger partial charge in [0.1, 0.15) is 11.7 Å². The lowest BCUT2D eigenvalue weighted by Gasteiger charge is -2.37. The summed E-state index contributed by atoms with van der Waals surface area (Å²) < 4.78 is 12.5. The molecule has 3 aromatic rings. The molecule has 0 bridgehead atoms. The maximum absolute atomic E-state index is 11.8. The van der Waals surface area contributed by atoms with Crippen LogP contribution in [0.3, 0.4) is 0 Å². The predicted octanol–water partition coefficient (Wildman–Crippen LogP) is 5.34. The number of esters is 1. The van der Waals surface area contributed by atoms with Gasteiger partial charge in [-0.15, -0.1) is 0 Å². The van der Waals surface area contributed by atoms with Crippen LogP contribution in [-0.4, -0.2) is 18.7 Å². The Balaban J connectivity index is 1.57. The lowest BCUT2D eigenvalue weighted by molar-refractivity contribution is -0.141. The molecule has 1 heterocycles. The summed E-state index contributed by atoms with van der Waals surface area (Å²) in [6.45, 7) is 0.594. The van der Waals surface area contributed by atoms with Gasteiger partial charge in [-0.1, -0.05) is 91.0 Å². The first kappa shape index (κ1) is 19.1. The summed E-state index contributed by atoms with van der Waals surface area (Å²) >= 11 is 0. The van der Waals surface area contributed by atoms with Gasteiger partial charge in [0.2, 0.25) is 0 Å². The van der Waals surface area contributed by atoms with Crippen molar-refractivity contribution in [3.05, 3.63) is 108 Å². The molecule has 5 rings (SSSR count). The molecule has 0 amide bonds. The molecule has 2 aliphatic rings. The van der Waals surface area contributed by atoms with Crippen LogP contribution >= 0.6 is 0 Å². The van der Waals surface area contributed by atoms with Gasteiger partial charge in [0.25, 0.3) is 0 Å². The quantitative estimate of drug-likeness (QED) is 0.415. The number of carbonyl (C=O) groups is 1. The second kappa shape index (κ2) is 8.08. The number of carbonyl (C=O) groups excluding carboxylic acids is 1. The third kappa shape index (κ3) is 3.33. The van der Waals surface area contributed by atoms with Crippen LogP contribution in [0.15, 0.2) is 91.0 Å². The van der Waals surface area contributed by atoms with Crippen molar-refractivity contribution in [2.75, 3.05) is 6.61 Å². The molecule has 1 saturated carbocycles. The first-order valence-electron chi connectivity index (χ1n) is 10.8. The van der Waals surface area contributed by atoms with Crippen LogP contribution in [0.25, 0.3) is 0 Å². The minimum Gasteiger partial charge on any atom is -0.462 e. The second-order valence-corrected chi connectivity index (χ2v) is 8.32. The van der Waals surface area contributed by atoms with E-state index in [-0.39, 0.29) is 18.0 Å². The number of ether oxygens (including phenoxy) is 2. The summed E-state index contributed by atoms with van der Waals surface area (Å²) in [5, 5.41) is 0. The van der Waals surface area contributed by atoms with Gasteiger partial charge >= 0.3 is 5.97 Å². The fourth-order valence-electron chi connectivity index (χ4n) is 5.17. The third-order valence-electron chi connectivity index (χ3n) is 6.65. The van der Waals surface area contributed by atoms with Crippen LogP contribution in [0, 0.1) is 11.8 Å². The normalized spacial score (nSPS) is 23.2. The molecule has 0 N–H and O–H groups in total. The molecule has 2 fully saturated rings. The average molecular weight is 399 g/mol. The summed E-state index contributed by atoms with van der Waals surface area (Å²) in [5.41, 5.74) is 2.62. The van der Waals surface area contributed by atoms with Crippen molar-refractivity contribution in [3.63, 3.8) is 0 Å². The standard InChI is InChI=1S/C27H26O3/c28-26-18-24-20(16-17-25(24)30-26)19-29-27(21-10-4-1-5-11-21,22-12-6-2-7-13-22)23-14-8-3-9-15-23/h1-15,20,24-25H,16-19H2. The first-order valence-corrected chi connectivity index (χ1v) is 10.8. The van der Waals surface area contributed by atoms with Crippen LogP contribution in [0.4, 0.5) is 0 Å². The van der Waals surface area contributed by atoms with E-state index in [1.807, 2.05) is 18.2 Å². The summed E-state index contributed by atoms with van der Waals surface area (Å²) in [7, 11) is 0. The molecular weight excluding hydrogens is 372 g/mol. The topological polar surface area (TPSA) is 35.5 Å². The van der Waals surface area contributed by atoms with E-state index in [1.165, 1.54) is 0 Å². The van der Waals surface area contributed by atoms with Gasteiger partial charge in [-0.2, -0.15) is 0 Å². The van der Waals surface area contributed by atoms with Crippen LogP contribution in [0.2, 0.25) is 0 Å². The highest BCUT2D eigenvalue weighted by molar-refractivity contribution is 5.72. The molecule has 0 aromatic heterocycles. The lowest BCUT2D eigenvalue weighted by Crippen LogP contribution is -2.35. The van der Waals surface area contributed by atoms with Crippen molar-refractivity contribution >= 4 is 5.97 Å². The van der Waals surface area contributed by atoms with E-state index in [0.717, 1.165) is 29.5 Å². The maximum atomic E-state index is 11.8. The molecule has 0 spiro atoms. The van der Waals surface area contributed by atoms with Crippen molar-refractivity contribution in [2.24, 2.45) is 11.8 Å². The van der Waals surface area contributed by atoms with Gasteiger partial charge in [-0.05, 0) is 35.4 Å². The summed E-state index contributed by atoms with van der Waals surface area (Å²) in [6.07, 6.45) is 2.58. The van der Waals surface area contributed by atoms with Crippen molar-refractivity contribution in [3.8, 4) is 0 Å². The smallest absolute Gasteiger partial charge is 0.306 e. The van der Waals surface area contributed by atoms with Crippen LogP contribution < -0.4 is 0 Å². The van der Waals surface area contributed by atoms with E-state index in [4.69, 9.17) is 9.47 Å². The molecule has 3 unspecified atom stereocenters. The third-order valence-corrected chi connectivity index (χ3v) is 6.65. The second-order valence-electron chi connectivity index (χ2n) is 8.32. The Morgan fingerprint density at radius 1 is 0.767 bits per heavy atom. The summed E-state index contributed by atoms with van der Waals surface area (Å²) in [4.78, 5) is 11.8. The number of hydrogen-bond donors (Lipinski definition) is 0. The van der Waals surface area contributed by atoms with Crippen LogP contribution in [-0.2, 0) is 19.9 Å². The van der Waals surface area contributed by atoms with E-state index in [1.54, 1.807) is 0 Å². The lowest BCUT2D eigenvalue weighted by atomic mass is 9.80. The van der Waals surface area contributed by atoms with Crippen molar-refractivity contribution in [2.45, 2.75) is 31.0 Å². The molecule has 1 aliphatic carbocycles. The van der Waals surface area contributed by atoms with Gasteiger partial charge in [-0.25, -0.2) is 0 Å². The van der Waals surface area contributed by atoms with Crippen molar-refractivity contribution in [1.29, 1.82) is 0 Å².